The van der Waals surface area contributed by atoms with Crippen LogP contribution in [0.5, 0.6) is 0 Å². The van der Waals surface area contributed by atoms with Crippen molar-refractivity contribution in [2.24, 2.45) is 11.8 Å². The molecule has 0 aromatic carbocycles. The molecule has 15 heavy (non-hydrogen) atoms. The van der Waals surface area contributed by atoms with Crippen LogP contribution in [-0.4, -0.2) is 26.2 Å². The van der Waals surface area contributed by atoms with Crippen LogP contribution >= 0.6 is 0 Å². The lowest BCUT2D eigenvalue weighted by molar-refractivity contribution is 0.331. The third kappa shape index (κ3) is 4.12. The summed E-state index contributed by atoms with van der Waals surface area (Å²) in [6.07, 6.45) is 10.2. The van der Waals surface area contributed by atoms with Crippen molar-refractivity contribution in [2.45, 2.75) is 44.9 Å². The first kappa shape index (κ1) is 11.4. The predicted molar refractivity (Wildman–Crippen MR) is 65.0 cm³/mol. The van der Waals surface area contributed by atoms with Gasteiger partial charge in [-0.3, -0.25) is 0 Å². The first-order valence-electron chi connectivity index (χ1n) is 6.86. The minimum atomic E-state index is 0.899. The lowest BCUT2D eigenvalue weighted by Crippen LogP contribution is -2.26. The second-order valence-electron chi connectivity index (χ2n) is 5.36. The largest absolute Gasteiger partial charge is 0.316 e. The zero-order valence-corrected chi connectivity index (χ0v) is 9.93. The van der Waals surface area contributed by atoms with E-state index in [0.717, 1.165) is 11.8 Å². The van der Waals surface area contributed by atoms with Gasteiger partial charge in [0, 0.05) is 0 Å². The quantitative estimate of drug-likeness (QED) is 0.680. The summed E-state index contributed by atoms with van der Waals surface area (Å²) < 4.78 is 0. The zero-order valence-electron chi connectivity index (χ0n) is 9.93. The molecule has 0 amide bonds. The maximum absolute atomic E-state index is 3.63. The molecule has 1 saturated heterocycles. The molecule has 1 aliphatic carbocycles. The minimum Gasteiger partial charge on any atom is -0.316 e. The first-order valence-corrected chi connectivity index (χ1v) is 6.86. The standard InChI is InChI=1S/C13H26N2/c1-2-4-12(5-3-1)6-8-14-10-13-7-9-15-11-13/h12-15H,1-11H2. The van der Waals surface area contributed by atoms with Crippen LogP contribution in [0.3, 0.4) is 0 Å². The van der Waals surface area contributed by atoms with Gasteiger partial charge < -0.3 is 10.6 Å². The van der Waals surface area contributed by atoms with Crippen molar-refractivity contribution in [3.63, 3.8) is 0 Å². The average Bonchev–Trinajstić information content (AvgIpc) is 2.79. The molecule has 1 unspecified atom stereocenters. The molecule has 2 aliphatic rings. The highest BCUT2D eigenvalue weighted by atomic mass is 14.9. The van der Waals surface area contributed by atoms with Crippen LogP contribution in [-0.2, 0) is 0 Å². The van der Waals surface area contributed by atoms with Crippen molar-refractivity contribution in [3.05, 3.63) is 0 Å². The Morgan fingerprint density at radius 1 is 1.00 bits per heavy atom. The fraction of sp³-hybridized carbons (Fsp3) is 1.00. The van der Waals surface area contributed by atoms with Crippen molar-refractivity contribution >= 4 is 0 Å². The second kappa shape index (κ2) is 6.49. The van der Waals surface area contributed by atoms with E-state index >= 15 is 0 Å². The van der Waals surface area contributed by atoms with Crippen molar-refractivity contribution in [3.8, 4) is 0 Å². The summed E-state index contributed by atoms with van der Waals surface area (Å²) in [7, 11) is 0. The molecule has 1 atom stereocenters. The second-order valence-corrected chi connectivity index (χ2v) is 5.36. The molecule has 1 saturated carbocycles. The molecule has 1 heterocycles. The average molecular weight is 210 g/mol. The molecule has 0 bridgehead atoms. The SMILES string of the molecule is C1CCC(CCNCC2CCNC2)CC1. The van der Waals surface area contributed by atoms with Gasteiger partial charge in [-0.15, -0.1) is 0 Å². The number of rotatable bonds is 5. The molecule has 0 radical (unpaired) electrons. The van der Waals surface area contributed by atoms with Gasteiger partial charge in [0.25, 0.3) is 0 Å². The number of nitrogens with one attached hydrogen (secondary N) is 2. The number of hydrogen-bond acceptors (Lipinski definition) is 2. The van der Waals surface area contributed by atoms with Gasteiger partial charge in [-0.1, -0.05) is 32.1 Å². The monoisotopic (exact) mass is 210 g/mol. The van der Waals surface area contributed by atoms with Crippen LogP contribution < -0.4 is 10.6 Å². The van der Waals surface area contributed by atoms with Crippen LogP contribution in [0.25, 0.3) is 0 Å². The van der Waals surface area contributed by atoms with E-state index in [2.05, 4.69) is 10.6 Å². The van der Waals surface area contributed by atoms with Gasteiger partial charge in [-0.05, 0) is 50.9 Å². The third-order valence-electron chi connectivity index (χ3n) is 4.05. The van der Waals surface area contributed by atoms with Crippen molar-refractivity contribution in [1.29, 1.82) is 0 Å². The van der Waals surface area contributed by atoms with Crippen LogP contribution in [0.1, 0.15) is 44.9 Å². The van der Waals surface area contributed by atoms with E-state index in [9.17, 15) is 0 Å². The molecule has 0 aromatic rings. The van der Waals surface area contributed by atoms with Crippen LogP contribution in [0, 0.1) is 11.8 Å². The van der Waals surface area contributed by atoms with E-state index in [0.29, 0.717) is 0 Å². The van der Waals surface area contributed by atoms with E-state index in [1.54, 1.807) is 0 Å². The molecular weight excluding hydrogens is 184 g/mol. The van der Waals surface area contributed by atoms with E-state index in [-0.39, 0.29) is 0 Å². The summed E-state index contributed by atoms with van der Waals surface area (Å²) >= 11 is 0. The summed E-state index contributed by atoms with van der Waals surface area (Å²) in [5.74, 6) is 1.93. The Hall–Kier alpha value is -0.0800. The molecule has 2 rings (SSSR count). The molecule has 88 valence electrons. The van der Waals surface area contributed by atoms with Crippen LogP contribution in [0.15, 0.2) is 0 Å². The summed E-state index contributed by atoms with van der Waals surface area (Å²) in [6.45, 7) is 4.95. The van der Waals surface area contributed by atoms with Gasteiger partial charge in [-0.25, -0.2) is 0 Å². The fourth-order valence-electron chi connectivity index (χ4n) is 2.98. The maximum atomic E-state index is 3.63. The van der Waals surface area contributed by atoms with E-state index in [1.807, 2.05) is 0 Å². The zero-order chi connectivity index (χ0) is 10.3. The minimum absolute atomic E-state index is 0.899. The highest BCUT2D eigenvalue weighted by molar-refractivity contribution is 4.73. The van der Waals surface area contributed by atoms with E-state index in [4.69, 9.17) is 0 Å². The molecule has 2 heteroatoms. The van der Waals surface area contributed by atoms with Gasteiger partial charge in [0.05, 0.1) is 0 Å². The van der Waals surface area contributed by atoms with Crippen molar-refractivity contribution in [2.75, 3.05) is 26.2 Å². The van der Waals surface area contributed by atoms with Gasteiger partial charge in [-0.2, -0.15) is 0 Å². The van der Waals surface area contributed by atoms with Crippen LogP contribution in [0.4, 0.5) is 0 Å². The Balaban J connectivity index is 1.47. The Morgan fingerprint density at radius 3 is 2.60 bits per heavy atom. The lowest BCUT2D eigenvalue weighted by atomic mass is 9.87. The Morgan fingerprint density at radius 2 is 1.87 bits per heavy atom. The van der Waals surface area contributed by atoms with E-state index < -0.39 is 0 Å². The third-order valence-corrected chi connectivity index (χ3v) is 4.05. The Bertz CT molecular complexity index is 158. The highest BCUT2D eigenvalue weighted by Crippen LogP contribution is 2.25. The summed E-state index contributed by atoms with van der Waals surface area (Å²) in [4.78, 5) is 0. The highest BCUT2D eigenvalue weighted by Gasteiger charge is 2.15. The first-order chi connectivity index (χ1) is 7.45. The van der Waals surface area contributed by atoms with Crippen molar-refractivity contribution < 1.29 is 0 Å². The van der Waals surface area contributed by atoms with Gasteiger partial charge in [0.2, 0.25) is 0 Å². The van der Waals surface area contributed by atoms with E-state index in [1.165, 1.54) is 71.1 Å². The van der Waals surface area contributed by atoms with Gasteiger partial charge in [0.1, 0.15) is 0 Å². The fourth-order valence-corrected chi connectivity index (χ4v) is 2.98. The van der Waals surface area contributed by atoms with Gasteiger partial charge in [0.15, 0.2) is 0 Å². The van der Waals surface area contributed by atoms with Crippen LogP contribution in [0.2, 0.25) is 0 Å². The summed E-state index contributed by atoms with van der Waals surface area (Å²) in [6, 6.07) is 0. The molecule has 2 fully saturated rings. The van der Waals surface area contributed by atoms with Crippen molar-refractivity contribution in [1.82, 2.24) is 10.6 Å². The molecule has 0 spiro atoms. The number of hydrogen-bond donors (Lipinski definition) is 2. The van der Waals surface area contributed by atoms with Gasteiger partial charge >= 0.3 is 0 Å². The molecule has 1 aliphatic heterocycles. The molecule has 0 aromatic heterocycles. The summed E-state index contributed by atoms with van der Waals surface area (Å²) in [5, 5.41) is 7.06. The molecule has 2 N–H and O–H groups in total. The maximum Gasteiger partial charge on any atom is -0.000790 e. The Labute approximate surface area is 94.2 Å². The topological polar surface area (TPSA) is 24.1 Å². The Kier molecular flexibility index (Phi) is 4.94. The normalized spacial score (nSPS) is 28.4. The lowest BCUT2D eigenvalue weighted by Gasteiger charge is -2.21. The molecular formula is C13H26N2. The molecule has 2 nitrogen and oxygen atoms in total. The predicted octanol–water partition coefficient (Wildman–Crippen LogP) is 2.16. The summed E-state index contributed by atoms with van der Waals surface area (Å²) in [5.41, 5.74) is 0. The smallest absolute Gasteiger partial charge is 0.000790 e.